The summed E-state index contributed by atoms with van der Waals surface area (Å²) in [5.74, 6) is 1.56. The van der Waals surface area contributed by atoms with Gasteiger partial charge in [0.05, 0.1) is 6.04 Å². The van der Waals surface area contributed by atoms with Gasteiger partial charge in [0.1, 0.15) is 0 Å². The first-order chi connectivity index (χ1) is 7.33. The molecule has 15 heavy (non-hydrogen) atoms. The molecule has 2 rings (SSSR count). The number of nitrogens with one attached hydrogen (secondary N) is 2. The monoisotopic (exact) mass is 210 g/mol. The van der Waals surface area contributed by atoms with Gasteiger partial charge in [-0.2, -0.15) is 0 Å². The average molecular weight is 210 g/mol. The minimum Gasteiger partial charge on any atom is -0.358 e. The van der Waals surface area contributed by atoms with Crippen LogP contribution in [0.4, 0.5) is 0 Å². The fraction of sp³-hybridized carbons (Fsp3) is 0.917. The van der Waals surface area contributed by atoms with E-state index in [0.717, 1.165) is 12.5 Å². The summed E-state index contributed by atoms with van der Waals surface area (Å²) < 4.78 is 0. The van der Waals surface area contributed by atoms with Crippen molar-refractivity contribution in [3.8, 4) is 0 Å². The summed E-state index contributed by atoms with van der Waals surface area (Å²) in [7, 11) is 1.74. The maximum atomic E-state index is 11.7. The van der Waals surface area contributed by atoms with Crippen LogP contribution in [0.2, 0.25) is 0 Å². The van der Waals surface area contributed by atoms with Crippen molar-refractivity contribution in [1.29, 1.82) is 0 Å². The van der Waals surface area contributed by atoms with Crippen molar-refractivity contribution < 1.29 is 4.79 Å². The Hall–Kier alpha value is -0.570. The number of carbonyl (C=O) groups excluding carboxylic acids is 1. The molecule has 0 aromatic carbocycles. The Morgan fingerprint density at radius 2 is 1.93 bits per heavy atom. The van der Waals surface area contributed by atoms with E-state index in [-0.39, 0.29) is 11.9 Å². The molecule has 1 heterocycles. The van der Waals surface area contributed by atoms with Crippen LogP contribution in [0.25, 0.3) is 0 Å². The molecule has 1 aliphatic carbocycles. The van der Waals surface area contributed by atoms with Gasteiger partial charge in [-0.3, -0.25) is 4.79 Å². The summed E-state index contributed by atoms with van der Waals surface area (Å²) >= 11 is 0. The van der Waals surface area contributed by atoms with E-state index in [4.69, 9.17) is 0 Å². The first-order valence-electron chi connectivity index (χ1n) is 6.28. The van der Waals surface area contributed by atoms with Crippen LogP contribution in [-0.4, -0.2) is 25.5 Å². The molecule has 1 saturated heterocycles. The Labute approximate surface area is 92.0 Å². The molecule has 2 aliphatic rings. The largest absolute Gasteiger partial charge is 0.358 e. The highest BCUT2D eigenvalue weighted by Crippen LogP contribution is 2.35. The van der Waals surface area contributed by atoms with Gasteiger partial charge in [-0.1, -0.05) is 32.1 Å². The lowest BCUT2D eigenvalue weighted by Crippen LogP contribution is -2.44. The zero-order valence-electron chi connectivity index (χ0n) is 9.59. The van der Waals surface area contributed by atoms with E-state index in [2.05, 4.69) is 10.6 Å². The second kappa shape index (κ2) is 4.97. The predicted molar refractivity (Wildman–Crippen MR) is 60.5 cm³/mol. The molecule has 3 heteroatoms. The summed E-state index contributed by atoms with van der Waals surface area (Å²) in [6, 6.07) is 0.0816. The van der Waals surface area contributed by atoms with Gasteiger partial charge in [0.15, 0.2) is 0 Å². The van der Waals surface area contributed by atoms with E-state index >= 15 is 0 Å². The molecule has 3 nitrogen and oxygen atoms in total. The second-order valence-corrected chi connectivity index (χ2v) is 4.90. The SMILES string of the molecule is CNC(=O)C1NCCC1C1CCCCC1. The molecule has 0 bridgehead atoms. The molecule has 0 aromatic heterocycles. The Morgan fingerprint density at radius 1 is 1.20 bits per heavy atom. The van der Waals surface area contributed by atoms with Crippen LogP contribution in [0.5, 0.6) is 0 Å². The van der Waals surface area contributed by atoms with Crippen LogP contribution in [-0.2, 0) is 4.79 Å². The number of hydrogen-bond donors (Lipinski definition) is 2. The van der Waals surface area contributed by atoms with E-state index in [1.54, 1.807) is 7.05 Å². The zero-order chi connectivity index (χ0) is 10.7. The zero-order valence-corrected chi connectivity index (χ0v) is 9.59. The van der Waals surface area contributed by atoms with Gasteiger partial charge in [-0.15, -0.1) is 0 Å². The van der Waals surface area contributed by atoms with Gasteiger partial charge in [0.25, 0.3) is 0 Å². The van der Waals surface area contributed by atoms with Crippen molar-refractivity contribution in [2.24, 2.45) is 11.8 Å². The van der Waals surface area contributed by atoms with E-state index < -0.39 is 0 Å². The number of carbonyl (C=O) groups is 1. The van der Waals surface area contributed by atoms with Gasteiger partial charge in [0.2, 0.25) is 5.91 Å². The number of rotatable bonds is 2. The Balaban J connectivity index is 1.97. The van der Waals surface area contributed by atoms with Gasteiger partial charge < -0.3 is 10.6 Å². The third kappa shape index (κ3) is 2.33. The fourth-order valence-corrected chi connectivity index (χ4v) is 3.24. The highest BCUT2D eigenvalue weighted by atomic mass is 16.2. The van der Waals surface area contributed by atoms with Gasteiger partial charge in [-0.25, -0.2) is 0 Å². The van der Waals surface area contributed by atoms with Crippen LogP contribution < -0.4 is 10.6 Å². The second-order valence-electron chi connectivity index (χ2n) is 4.90. The highest BCUT2D eigenvalue weighted by molar-refractivity contribution is 5.82. The van der Waals surface area contributed by atoms with Gasteiger partial charge in [0, 0.05) is 7.05 Å². The summed E-state index contributed by atoms with van der Waals surface area (Å²) in [5.41, 5.74) is 0. The standard InChI is InChI=1S/C12H22N2O/c1-13-12(15)11-10(7-8-14-11)9-5-3-2-4-6-9/h9-11,14H,2-8H2,1H3,(H,13,15). The molecule has 2 fully saturated rings. The molecule has 1 saturated carbocycles. The van der Waals surface area contributed by atoms with E-state index in [1.807, 2.05) is 0 Å². The van der Waals surface area contributed by atoms with Crippen molar-refractivity contribution in [2.45, 2.75) is 44.6 Å². The first-order valence-corrected chi connectivity index (χ1v) is 6.28. The van der Waals surface area contributed by atoms with Crippen LogP contribution in [0, 0.1) is 11.8 Å². The van der Waals surface area contributed by atoms with Crippen molar-refractivity contribution in [1.82, 2.24) is 10.6 Å². The molecular formula is C12H22N2O. The smallest absolute Gasteiger partial charge is 0.237 e. The number of amides is 1. The van der Waals surface area contributed by atoms with Crippen molar-refractivity contribution in [2.75, 3.05) is 13.6 Å². The van der Waals surface area contributed by atoms with E-state index in [9.17, 15) is 4.79 Å². The van der Waals surface area contributed by atoms with Gasteiger partial charge in [-0.05, 0) is 24.8 Å². The molecular weight excluding hydrogens is 188 g/mol. The lowest BCUT2D eigenvalue weighted by Gasteiger charge is -2.30. The summed E-state index contributed by atoms with van der Waals surface area (Å²) in [6.45, 7) is 1.01. The van der Waals surface area contributed by atoms with Crippen molar-refractivity contribution >= 4 is 5.91 Å². The minimum absolute atomic E-state index is 0.0816. The van der Waals surface area contributed by atoms with Crippen molar-refractivity contribution in [3.05, 3.63) is 0 Å². The predicted octanol–water partition coefficient (Wildman–Crippen LogP) is 1.29. The summed E-state index contributed by atoms with van der Waals surface area (Å²) in [5, 5.41) is 6.12. The third-order valence-corrected chi connectivity index (χ3v) is 4.05. The molecule has 0 radical (unpaired) electrons. The molecule has 1 amide bonds. The van der Waals surface area contributed by atoms with Crippen LogP contribution >= 0.6 is 0 Å². The fourth-order valence-electron chi connectivity index (χ4n) is 3.24. The van der Waals surface area contributed by atoms with Crippen LogP contribution in [0.15, 0.2) is 0 Å². The van der Waals surface area contributed by atoms with E-state index in [1.165, 1.54) is 38.5 Å². The average Bonchev–Trinajstić information content (AvgIpc) is 2.78. The minimum atomic E-state index is 0.0816. The molecule has 0 spiro atoms. The maximum Gasteiger partial charge on any atom is 0.237 e. The Bertz CT molecular complexity index is 224. The normalized spacial score (nSPS) is 32.9. The lowest BCUT2D eigenvalue weighted by molar-refractivity contribution is -0.123. The number of hydrogen-bond acceptors (Lipinski definition) is 2. The molecule has 2 N–H and O–H groups in total. The maximum absolute atomic E-state index is 11.7. The van der Waals surface area contributed by atoms with Crippen molar-refractivity contribution in [3.63, 3.8) is 0 Å². The first kappa shape index (κ1) is 10.9. The van der Waals surface area contributed by atoms with E-state index in [0.29, 0.717) is 5.92 Å². The summed E-state index contributed by atoms with van der Waals surface area (Å²) in [4.78, 5) is 11.7. The quantitative estimate of drug-likeness (QED) is 0.721. The molecule has 2 atom stereocenters. The van der Waals surface area contributed by atoms with Crippen LogP contribution in [0.3, 0.4) is 0 Å². The topological polar surface area (TPSA) is 41.1 Å². The molecule has 1 aliphatic heterocycles. The molecule has 2 unspecified atom stereocenters. The Kier molecular flexibility index (Phi) is 3.62. The van der Waals surface area contributed by atoms with Gasteiger partial charge >= 0.3 is 0 Å². The lowest BCUT2D eigenvalue weighted by atomic mass is 9.76. The summed E-state index contributed by atoms with van der Waals surface area (Å²) in [6.07, 6.45) is 7.97. The third-order valence-electron chi connectivity index (χ3n) is 4.05. The molecule has 0 aromatic rings. The number of likely N-dealkylation sites (N-methyl/N-ethyl adjacent to an activating group) is 1. The van der Waals surface area contributed by atoms with Crippen LogP contribution in [0.1, 0.15) is 38.5 Å². The molecule has 86 valence electrons. The Morgan fingerprint density at radius 3 is 2.60 bits per heavy atom. The highest BCUT2D eigenvalue weighted by Gasteiger charge is 2.37.